The van der Waals surface area contributed by atoms with Crippen LogP contribution in [0.2, 0.25) is 0 Å². The number of nitrogens with two attached hydrogens (primary N) is 3. The van der Waals surface area contributed by atoms with E-state index in [1.165, 1.54) is 60.6 Å². The summed E-state index contributed by atoms with van der Waals surface area (Å²) in [5.74, 6) is 0.113. The fraction of sp³-hybridized carbons (Fsp3) is 0.333. The van der Waals surface area contributed by atoms with Gasteiger partial charge in [0.15, 0.2) is 5.96 Å². The Morgan fingerprint density at radius 2 is 0.921 bits per heavy atom. The Labute approximate surface area is 245 Å². The smallest absolute Gasteiger partial charge is 0.218 e. The monoisotopic (exact) mass is 617 g/mol. The van der Waals surface area contributed by atoms with Gasteiger partial charge in [-0.3, -0.25) is 4.99 Å². The quantitative estimate of drug-likeness (QED) is 0.112. The molecular weight excluding hydrogens is 577 g/mol. The molecule has 8 heteroatoms. The zero-order chi connectivity index (χ0) is 25.5. The number of benzene rings is 3. The molecule has 0 fully saturated rings. The van der Waals surface area contributed by atoms with Gasteiger partial charge < -0.3 is 34.2 Å². The highest BCUT2D eigenvalue weighted by Crippen LogP contribution is 2.55. The third kappa shape index (κ3) is 10.4. The second-order valence-electron chi connectivity index (χ2n) is 9.15. The first-order valence-corrected chi connectivity index (χ1v) is 15.0. The zero-order valence-electron chi connectivity index (χ0n) is 22.1. The predicted molar refractivity (Wildman–Crippen MR) is 166 cm³/mol. The first-order valence-electron chi connectivity index (χ1n) is 13.1. The van der Waals surface area contributed by atoms with Crippen molar-refractivity contribution in [1.82, 2.24) is 0 Å². The van der Waals surface area contributed by atoms with Crippen LogP contribution in [0.25, 0.3) is 0 Å². The highest BCUT2D eigenvalue weighted by atomic mass is 79.9. The molecule has 0 heterocycles. The fourth-order valence-electron chi connectivity index (χ4n) is 4.76. The van der Waals surface area contributed by atoms with Crippen LogP contribution in [0, 0.1) is 0 Å². The van der Waals surface area contributed by atoms with Gasteiger partial charge in [-0.15, -0.1) is 12.4 Å². The molecule has 6 N–H and O–H groups in total. The SMILES string of the molecule is Cl.NC(N)=NC(N)=NCCCCCCCCCC[P+](c1ccccc1)(c1ccccc1)c1ccccc1.[Br-]. The summed E-state index contributed by atoms with van der Waals surface area (Å²) in [4.78, 5) is 7.90. The summed E-state index contributed by atoms with van der Waals surface area (Å²) >= 11 is 0. The number of guanidine groups is 2. The van der Waals surface area contributed by atoms with E-state index in [1.54, 1.807) is 0 Å². The molecule has 3 rings (SSSR count). The molecule has 0 aliphatic rings. The average Bonchev–Trinajstić information content (AvgIpc) is 2.91. The van der Waals surface area contributed by atoms with E-state index in [-0.39, 0.29) is 41.3 Å². The van der Waals surface area contributed by atoms with E-state index in [2.05, 4.69) is 101 Å². The van der Waals surface area contributed by atoms with Crippen LogP contribution in [0.3, 0.4) is 0 Å². The van der Waals surface area contributed by atoms with Crippen molar-refractivity contribution in [1.29, 1.82) is 0 Å². The minimum absolute atomic E-state index is 0. The van der Waals surface area contributed by atoms with Gasteiger partial charge in [0.2, 0.25) is 5.96 Å². The standard InChI is InChI=1S/C30H41N5P.BrH.ClH/c31-29(32)35-30(33)34-24-16-5-3-1-2-4-6-17-25-36(26-18-10-7-11-19-26,27-20-12-8-13-21-27)28-22-14-9-15-23-28;;/h7-15,18-23H,1-6,16-17,24-25H2,(H6,31,32,33,34,35);2*1H/q+1;;/p-1. The molecule has 0 spiro atoms. The van der Waals surface area contributed by atoms with Gasteiger partial charge in [-0.05, 0) is 55.7 Å². The summed E-state index contributed by atoms with van der Waals surface area (Å²) in [6.45, 7) is 0.673. The van der Waals surface area contributed by atoms with Crippen molar-refractivity contribution in [2.24, 2.45) is 27.2 Å². The first kappa shape index (κ1) is 33.6. The van der Waals surface area contributed by atoms with Gasteiger partial charge in [-0.2, -0.15) is 4.99 Å². The number of unbranched alkanes of at least 4 members (excludes halogenated alkanes) is 7. The van der Waals surface area contributed by atoms with E-state index in [0.717, 1.165) is 12.8 Å². The number of aliphatic imine (C=N–C) groups is 2. The van der Waals surface area contributed by atoms with Crippen LogP contribution in [0.5, 0.6) is 0 Å². The second-order valence-corrected chi connectivity index (χ2v) is 12.8. The summed E-state index contributed by atoms with van der Waals surface area (Å²) < 4.78 is 0. The molecule has 0 aliphatic heterocycles. The maximum absolute atomic E-state index is 5.63. The van der Waals surface area contributed by atoms with Crippen molar-refractivity contribution >= 4 is 47.5 Å². The number of halogens is 2. The lowest BCUT2D eigenvalue weighted by Crippen LogP contribution is -3.00. The van der Waals surface area contributed by atoms with Gasteiger partial charge in [-0.1, -0.05) is 86.7 Å². The largest absolute Gasteiger partial charge is 1.00 e. The highest BCUT2D eigenvalue weighted by Gasteiger charge is 2.44. The maximum Gasteiger partial charge on any atom is 0.218 e. The normalized spacial score (nSPS) is 11.2. The lowest BCUT2D eigenvalue weighted by molar-refractivity contribution is -0.00000798. The van der Waals surface area contributed by atoms with Crippen LogP contribution in [0.15, 0.2) is 101 Å². The zero-order valence-corrected chi connectivity index (χ0v) is 25.4. The molecule has 0 amide bonds. The molecule has 38 heavy (non-hydrogen) atoms. The van der Waals surface area contributed by atoms with Crippen LogP contribution in [-0.4, -0.2) is 24.6 Å². The molecule has 0 atom stereocenters. The van der Waals surface area contributed by atoms with Crippen LogP contribution >= 0.6 is 19.7 Å². The molecule has 5 nitrogen and oxygen atoms in total. The Bertz CT molecular complexity index is 981. The van der Waals surface area contributed by atoms with Gasteiger partial charge in [0.25, 0.3) is 0 Å². The van der Waals surface area contributed by atoms with Crippen molar-refractivity contribution in [2.45, 2.75) is 51.4 Å². The lowest BCUT2D eigenvalue weighted by atomic mass is 10.1. The van der Waals surface area contributed by atoms with Crippen LogP contribution < -0.4 is 50.1 Å². The van der Waals surface area contributed by atoms with Crippen molar-refractivity contribution in [2.75, 3.05) is 12.7 Å². The van der Waals surface area contributed by atoms with E-state index in [9.17, 15) is 0 Å². The molecule has 0 saturated heterocycles. The molecule has 3 aromatic rings. The van der Waals surface area contributed by atoms with Crippen molar-refractivity contribution in [3.63, 3.8) is 0 Å². The third-order valence-corrected chi connectivity index (χ3v) is 11.0. The van der Waals surface area contributed by atoms with Gasteiger partial charge in [0.1, 0.15) is 23.2 Å². The van der Waals surface area contributed by atoms with E-state index in [0.29, 0.717) is 6.54 Å². The lowest BCUT2D eigenvalue weighted by Gasteiger charge is -2.27. The summed E-state index contributed by atoms with van der Waals surface area (Å²) in [7, 11) is -1.69. The number of nitrogens with zero attached hydrogens (tertiary/aromatic N) is 2. The summed E-state index contributed by atoms with van der Waals surface area (Å²) in [5, 5.41) is 4.43. The Kier molecular flexibility index (Phi) is 16.6. The van der Waals surface area contributed by atoms with Crippen molar-refractivity contribution < 1.29 is 17.0 Å². The molecule has 3 aromatic carbocycles. The summed E-state index contributed by atoms with van der Waals surface area (Å²) in [6, 6.07) is 33.5. The Morgan fingerprint density at radius 3 is 1.32 bits per heavy atom. The molecule has 0 aliphatic carbocycles. The third-order valence-electron chi connectivity index (χ3n) is 6.51. The molecule has 0 bridgehead atoms. The Hall–Kier alpha value is -2.40. The maximum atomic E-state index is 5.63. The summed E-state index contributed by atoms with van der Waals surface area (Å²) in [6.07, 6.45) is 11.0. The Balaban J connectivity index is 0.00000361. The van der Waals surface area contributed by atoms with Crippen molar-refractivity contribution in [3.8, 4) is 0 Å². The number of hydrogen-bond donors (Lipinski definition) is 3. The van der Waals surface area contributed by atoms with Gasteiger partial charge >= 0.3 is 0 Å². The van der Waals surface area contributed by atoms with E-state index in [4.69, 9.17) is 17.2 Å². The van der Waals surface area contributed by atoms with E-state index in [1.807, 2.05) is 0 Å². The highest BCUT2D eigenvalue weighted by molar-refractivity contribution is 7.95. The average molecular weight is 619 g/mol. The van der Waals surface area contributed by atoms with Crippen molar-refractivity contribution in [3.05, 3.63) is 91.0 Å². The van der Waals surface area contributed by atoms with Gasteiger partial charge in [-0.25, -0.2) is 0 Å². The van der Waals surface area contributed by atoms with Crippen LogP contribution in [0.4, 0.5) is 0 Å². The molecular formula is C30H42BrClN5P. The molecule has 0 radical (unpaired) electrons. The topological polar surface area (TPSA) is 103 Å². The molecule has 206 valence electrons. The summed E-state index contributed by atoms with van der Waals surface area (Å²) in [5.41, 5.74) is 16.2. The minimum Gasteiger partial charge on any atom is -1.00 e. The minimum atomic E-state index is -1.69. The number of hydrogen-bond acceptors (Lipinski definition) is 1. The van der Waals surface area contributed by atoms with E-state index >= 15 is 0 Å². The van der Waals surface area contributed by atoms with E-state index < -0.39 is 7.26 Å². The predicted octanol–water partition coefficient (Wildman–Crippen LogP) is 2.12. The van der Waals surface area contributed by atoms with Gasteiger partial charge in [0, 0.05) is 6.54 Å². The van der Waals surface area contributed by atoms with Gasteiger partial charge in [0.05, 0.1) is 6.16 Å². The first-order chi connectivity index (χ1) is 17.6. The molecule has 0 aromatic heterocycles. The van der Waals surface area contributed by atoms with Crippen LogP contribution in [0.1, 0.15) is 51.4 Å². The molecule has 0 unspecified atom stereocenters. The molecule has 0 saturated carbocycles. The fourth-order valence-corrected chi connectivity index (χ4v) is 9.17. The number of rotatable bonds is 14. The second kappa shape index (κ2) is 18.8. The Morgan fingerprint density at radius 1 is 0.553 bits per heavy atom. The van der Waals surface area contributed by atoms with Crippen LogP contribution in [-0.2, 0) is 0 Å².